The van der Waals surface area contributed by atoms with Crippen LogP contribution < -0.4 is 14.8 Å². The van der Waals surface area contributed by atoms with Gasteiger partial charge >= 0.3 is 5.97 Å². The number of hydrogen-bond acceptors (Lipinski definition) is 6. The lowest BCUT2D eigenvalue weighted by atomic mass is 9.53. The van der Waals surface area contributed by atoms with Gasteiger partial charge in [0.2, 0.25) is 0 Å². The van der Waals surface area contributed by atoms with Crippen LogP contribution in [0.15, 0.2) is 24.3 Å². The van der Waals surface area contributed by atoms with Crippen LogP contribution in [0, 0.1) is 11.3 Å². The summed E-state index contributed by atoms with van der Waals surface area (Å²) in [4.78, 5) is 12.7. The van der Waals surface area contributed by atoms with Gasteiger partial charge in [-0.05, 0) is 42.5 Å². The zero-order chi connectivity index (χ0) is 21.1. The van der Waals surface area contributed by atoms with E-state index >= 15 is 0 Å². The Hall–Kier alpha value is -2.05. The molecule has 2 aliphatic carbocycles. The van der Waals surface area contributed by atoms with Gasteiger partial charge < -0.3 is 24.3 Å². The Kier molecular flexibility index (Phi) is 4.63. The fourth-order valence-corrected chi connectivity index (χ4v) is 5.91. The van der Waals surface area contributed by atoms with E-state index in [4.69, 9.17) is 18.9 Å². The molecule has 1 aromatic carbocycles. The molecule has 4 aliphatic rings. The van der Waals surface area contributed by atoms with Crippen LogP contribution in [0.5, 0.6) is 11.5 Å². The van der Waals surface area contributed by atoms with Gasteiger partial charge in [-0.1, -0.05) is 32.9 Å². The van der Waals surface area contributed by atoms with E-state index in [1.165, 1.54) is 11.1 Å². The number of piperidine rings is 1. The van der Waals surface area contributed by atoms with Gasteiger partial charge in [-0.3, -0.25) is 4.79 Å². The molecule has 1 saturated heterocycles. The molecule has 0 radical (unpaired) electrons. The van der Waals surface area contributed by atoms with E-state index in [9.17, 15) is 4.79 Å². The lowest BCUT2D eigenvalue weighted by Gasteiger charge is -2.54. The quantitative estimate of drug-likeness (QED) is 0.455. The average Bonchev–Trinajstić information content (AvgIpc) is 3.01. The number of benzene rings is 1. The second-order valence-electron chi connectivity index (χ2n) is 10.2. The van der Waals surface area contributed by atoms with Gasteiger partial charge in [0, 0.05) is 30.0 Å². The van der Waals surface area contributed by atoms with Crippen LogP contribution in [0.3, 0.4) is 0 Å². The van der Waals surface area contributed by atoms with Crippen molar-refractivity contribution < 1.29 is 23.7 Å². The van der Waals surface area contributed by atoms with E-state index in [1.807, 2.05) is 32.9 Å². The first-order chi connectivity index (χ1) is 14.3. The number of methoxy groups -OCH3 is 1. The molecule has 6 nitrogen and oxygen atoms in total. The highest BCUT2D eigenvalue weighted by molar-refractivity contribution is 5.71. The third-order valence-electron chi connectivity index (χ3n) is 6.92. The van der Waals surface area contributed by atoms with Crippen LogP contribution >= 0.6 is 0 Å². The first-order valence-electron chi connectivity index (χ1n) is 10.9. The standard InChI is InChI=1S/C24H31NO5/c1-23(2,3)12-19(26)29-18-8-6-15-16-11-14-5-7-17(28-13-27-4)21-20(14)24(15,9-10-25-16)22(18)30-21/h5-8,15-16,18,22,25H,9-13H2,1-4H3/t15-,16+,18-,22-,24-/m0/s1. The minimum atomic E-state index is -0.400. The molecule has 5 atom stereocenters. The summed E-state index contributed by atoms with van der Waals surface area (Å²) in [5.74, 6) is 1.65. The number of ether oxygens (including phenoxy) is 4. The van der Waals surface area contributed by atoms with Crippen molar-refractivity contribution in [1.29, 1.82) is 0 Å². The molecule has 1 spiro atoms. The number of rotatable bonds is 5. The maximum absolute atomic E-state index is 12.7. The molecule has 0 aromatic heterocycles. The summed E-state index contributed by atoms with van der Waals surface area (Å²) in [6.07, 6.45) is 5.96. The predicted octanol–water partition coefficient (Wildman–Crippen LogP) is 3.12. The summed E-state index contributed by atoms with van der Waals surface area (Å²) in [6, 6.07) is 4.51. The van der Waals surface area contributed by atoms with E-state index in [0.717, 1.165) is 25.1 Å². The van der Waals surface area contributed by atoms with Crippen molar-refractivity contribution in [2.45, 2.75) is 63.7 Å². The van der Waals surface area contributed by atoms with Crippen molar-refractivity contribution in [1.82, 2.24) is 5.32 Å². The minimum Gasteiger partial charge on any atom is -0.481 e. The molecular weight excluding hydrogens is 382 g/mol. The average molecular weight is 414 g/mol. The Bertz CT molecular complexity index is 888. The van der Waals surface area contributed by atoms with Crippen LogP contribution in [0.1, 0.15) is 44.7 Å². The highest BCUT2D eigenvalue weighted by atomic mass is 16.7. The lowest BCUT2D eigenvalue weighted by Crippen LogP contribution is -2.65. The molecule has 2 heterocycles. The van der Waals surface area contributed by atoms with Gasteiger partial charge in [0.1, 0.15) is 6.10 Å². The van der Waals surface area contributed by atoms with Crippen molar-refractivity contribution in [3.63, 3.8) is 0 Å². The number of hydrogen-bond donors (Lipinski definition) is 1. The Balaban J connectivity index is 1.55. The molecule has 2 bridgehead atoms. The zero-order valence-corrected chi connectivity index (χ0v) is 18.2. The van der Waals surface area contributed by atoms with Crippen LogP contribution in [-0.2, 0) is 26.1 Å². The van der Waals surface area contributed by atoms with E-state index in [2.05, 4.69) is 17.5 Å². The van der Waals surface area contributed by atoms with Gasteiger partial charge in [-0.2, -0.15) is 0 Å². The summed E-state index contributed by atoms with van der Waals surface area (Å²) < 4.78 is 23.6. The van der Waals surface area contributed by atoms with Crippen molar-refractivity contribution in [2.75, 3.05) is 20.4 Å². The molecule has 162 valence electrons. The summed E-state index contributed by atoms with van der Waals surface area (Å²) in [5, 5.41) is 3.70. The second-order valence-corrected chi connectivity index (χ2v) is 10.2. The molecule has 0 unspecified atom stereocenters. The first kappa shape index (κ1) is 19.9. The van der Waals surface area contributed by atoms with Crippen LogP contribution in [0.4, 0.5) is 0 Å². The Morgan fingerprint density at radius 3 is 2.90 bits per heavy atom. The van der Waals surface area contributed by atoms with Crippen molar-refractivity contribution >= 4 is 5.97 Å². The van der Waals surface area contributed by atoms with Gasteiger partial charge in [0.25, 0.3) is 0 Å². The highest BCUT2D eigenvalue weighted by Gasteiger charge is 2.64. The zero-order valence-electron chi connectivity index (χ0n) is 18.2. The normalized spacial score (nSPS) is 32.9. The van der Waals surface area contributed by atoms with Gasteiger partial charge in [-0.25, -0.2) is 0 Å². The van der Waals surface area contributed by atoms with E-state index in [1.54, 1.807) is 7.11 Å². The fraction of sp³-hybridized carbons (Fsp3) is 0.625. The third-order valence-corrected chi connectivity index (χ3v) is 6.92. The first-order valence-corrected chi connectivity index (χ1v) is 10.9. The molecule has 0 saturated carbocycles. The summed E-state index contributed by atoms with van der Waals surface area (Å²) in [5.41, 5.74) is 2.26. The number of carbonyl (C=O) groups excluding carboxylic acids is 1. The molecule has 0 amide bonds. The SMILES string of the molecule is COCOc1ccc2c3c1O[C@H]1[C@@H](OC(=O)CC(C)(C)C)C=C[C@H]4[C@@H](C2)NCC[C@@]341. The molecule has 5 rings (SSSR count). The Morgan fingerprint density at radius 1 is 1.30 bits per heavy atom. The van der Waals surface area contributed by atoms with Gasteiger partial charge in [0.15, 0.2) is 24.4 Å². The number of nitrogens with one attached hydrogen (secondary N) is 1. The van der Waals surface area contributed by atoms with Crippen molar-refractivity contribution in [2.24, 2.45) is 11.3 Å². The maximum Gasteiger partial charge on any atom is 0.307 e. The molecule has 6 heteroatoms. The number of esters is 1. The molecule has 2 aliphatic heterocycles. The summed E-state index contributed by atoms with van der Waals surface area (Å²) in [6.45, 7) is 7.24. The smallest absolute Gasteiger partial charge is 0.307 e. The predicted molar refractivity (Wildman–Crippen MR) is 112 cm³/mol. The minimum absolute atomic E-state index is 0.116. The van der Waals surface area contributed by atoms with Crippen molar-refractivity contribution in [3.8, 4) is 11.5 Å². The van der Waals surface area contributed by atoms with E-state index < -0.39 is 6.10 Å². The van der Waals surface area contributed by atoms with E-state index in [-0.39, 0.29) is 29.7 Å². The van der Waals surface area contributed by atoms with Crippen LogP contribution in [0.2, 0.25) is 0 Å². The largest absolute Gasteiger partial charge is 0.481 e. The molecule has 1 aromatic rings. The fourth-order valence-electron chi connectivity index (χ4n) is 5.91. The molecule has 1 N–H and O–H groups in total. The summed E-state index contributed by atoms with van der Waals surface area (Å²) in [7, 11) is 1.61. The topological polar surface area (TPSA) is 66.0 Å². The second kappa shape index (κ2) is 6.99. The van der Waals surface area contributed by atoms with Gasteiger partial charge in [-0.15, -0.1) is 0 Å². The Morgan fingerprint density at radius 2 is 2.13 bits per heavy atom. The Labute approximate surface area is 177 Å². The highest BCUT2D eigenvalue weighted by Crippen LogP contribution is 2.61. The van der Waals surface area contributed by atoms with Crippen LogP contribution in [0.25, 0.3) is 0 Å². The monoisotopic (exact) mass is 413 g/mol. The maximum atomic E-state index is 12.7. The number of carbonyl (C=O) groups is 1. The summed E-state index contributed by atoms with van der Waals surface area (Å²) >= 11 is 0. The molecular formula is C24H31NO5. The van der Waals surface area contributed by atoms with Crippen LogP contribution in [-0.4, -0.2) is 44.7 Å². The lowest BCUT2D eigenvalue weighted by molar-refractivity contribution is -0.156. The molecule has 1 fully saturated rings. The van der Waals surface area contributed by atoms with Gasteiger partial charge in [0.05, 0.1) is 6.42 Å². The molecule has 30 heavy (non-hydrogen) atoms. The van der Waals surface area contributed by atoms with E-state index in [0.29, 0.717) is 24.1 Å². The van der Waals surface area contributed by atoms with Crippen molar-refractivity contribution in [3.05, 3.63) is 35.4 Å². The third kappa shape index (κ3) is 2.95.